The first-order chi connectivity index (χ1) is 7.56. The van der Waals surface area contributed by atoms with Crippen molar-refractivity contribution < 1.29 is 9.90 Å². The van der Waals surface area contributed by atoms with Crippen LogP contribution in [0, 0.1) is 0 Å². The molecule has 1 aromatic rings. The van der Waals surface area contributed by atoms with Gasteiger partial charge in [0.25, 0.3) is 5.91 Å². The lowest BCUT2D eigenvalue weighted by Crippen LogP contribution is -2.35. The monoisotopic (exact) mass is 241 g/mol. The highest BCUT2D eigenvalue weighted by molar-refractivity contribution is 7.13. The molecule has 0 spiro atoms. The van der Waals surface area contributed by atoms with E-state index in [9.17, 15) is 9.90 Å². The molecule has 0 aliphatic carbocycles. The lowest BCUT2D eigenvalue weighted by atomic mass is 10.1. The molecule has 2 rings (SSSR count). The summed E-state index contributed by atoms with van der Waals surface area (Å²) >= 11 is 1.37. The number of fused-ring (bicyclic) bond motifs is 1. The van der Waals surface area contributed by atoms with Crippen LogP contribution in [0.2, 0.25) is 0 Å². The largest absolute Gasteiger partial charge is 0.392 e. The van der Waals surface area contributed by atoms with E-state index in [0.29, 0.717) is 11.6 Å². The van der Waals surface area contributed by atoms with Crippen LogP contribution < -0.4 is 5.73 Å². The number of aromatic nitrogens is 1. The van der Waals surface area contributed by atoms with Gasteiger partial charge >= 0.3 is 0 Å². The van der Waals surface area contributed by atoms with Gasteiger partial charge in [0.15, 0.2) is 5.01 Å². The number of hydrogen-bond donors (Lipinski definition) is 2. The quantitative estimate of drug-likeness (QED) is 0.779. The van der Waals surface area contributed by atoms with Gasteiger partial charge in [-0.2, -0.15) is 0 Å². The Labute approximate surface area is 97.9 Å². The standard InChI is InChI=1S/C10H15N3O2S/c1-6(14)4-13-3-2-7-8(5-13)16-10(12-7)9(11)15/h6,14H,2-5H2,1H3,(H2,11,15)/t6-/m0/s1. The van der Waals surface area contributed by atoms with Crippen LogP contribution in [0.4, 0.5) is 0 Å². The molecule has 1 aliphatic heterocycles. The number of hydrogen-bond acceptors (Lipinski definition) is 5. The molecule has 0 radical (unpaired) electrons. The molecule has 3 N–H and O–H groups in total. The number of primary amides is 1. The summed E-state index contributed by atoms with van der Waals surface area (Å²) in [4.78, 5) is 18.5. The number of rotatable bonds is 3. The molecule has 6 heteroatoms. The Bertz CT molecular complexity index is 403. The van der Waals surface area contributed by atoms with E-state index in [1.807, 2.05) is 0 Å². The molecule has 88 valence electrons. The van der Waals surface area contributed by atoms with E-state index in [-0.39, 0.29) is 6.10 Å². The van der Waals surface area contributed by atoms with Crippen LogP contribution in [-0.4, -0.2) is 40.1 Å². The molecule has 0 aromatic carbocycles. The predicted molar refractivity (Wildman–Crippen MR) is 61.3 cm³/mol. The van der Waals surface area contributed by atoms with E-state index in [0.717, 1.165) is 30.1 Å². The van der Waals surface area contributed by atoms with Crippen molar-refractivity contribution in [3.05, 3.63) is 15.6 Å². The minimum Gasteiger partial charge on any atom is -0.392 e. The van der Waals surface area contributed by atoms with Crippen LogP contribution in [0.1, 0.15) is 27.3 Å². The molecular formula is C10H15N3O2S. The van der Waals surface area contributed by atoms with Gasteiger partial charge in [0.05, 0.1) is 11.8 Å². The van der Waals surface area contributed by atoms with E-state index < -0.39 is 5.91 Å². The third-order valence-corrected chi connectivity index (χ3v) is 3.64. The van der Waals surface area contributed by atoms with Gasteiger partial charge in [-0.25, -0.2) is 4.98 Å². The molecule has 5 nitrogen and oxygen atoms in total. The van der Waals surface area contributed by atoms with Crippen molar-refractivity contribution in [2.24, 2.45) is 5.73 Å². The molecule has 0 bridgehead atoms. The molecule has 2 heterocycles. The Morgan fingerprint density at radius 3 is 3.12 bits per heavy atom. The zero-order chi connectivity index (χ0) is 11.7. The summed E-state index contributed by atoms with van der Waals surface area (Å²) in [6.07, 6.45) is 0.497. The van der Waals surface area contributed by atoms with Gasteiger partial charge in [0.1, 0.15) is 0 Å². The Kier molecular flexibility index (Phi) is 3.22. The zero-order valence-electron chi connectivity index (χ0n) is 9.14. The van der Waals surface area contributed by atoms with Crippen LogP contribution in [0.5, 0.6) is 0 Å². The van der Waals surface area contributed by atoms with Crippen molar-refractivity contribution in [3.63, 3.8) is 0 Å². The highest BCUT2D eigenvalue weighted by Gasteiger charge is 2.22. The number of nitrogens with zero attached hydrogens (tertiary/aromatic N) is 2. The lowest BCUT2D eigenvalue weighted by molar-refractivity contribution is 0.0999. The Morgan fingerprint density at radius 1 is 1.75 bits per heavy atom. The first kappa shape index (κ1) is 11.5. The number of carbonyl (C=O) groups excluding carboxylic acids is 1. The fraction of sp³-hybridized carbons (Fsp3) is 0.600. The van der Waals surface area contributed by atoms with Crippen molar-refractivity contribution >= 4 is 17.2 Å². The second-order valence-corrected chi connectivity index (χ2v) is 5.17. The van der Waals surface area contributed by atoms with Crippen molar-refractivity contribution in [1.82, 2.24) is 9.88 Å². The van der Waals surface area contributed by atoms with E-state index >= 15 is 0 Å². The number of amides is 1. The van der Waals surface area contributed by atoms with Crippen LogP contribution in [0.25, 0.3) is 0 Å². The molecule has 0 saturated heterocycles. The van der Waals surface area contributed by atoms with Gasteiger partial charge in [-0.3, -0.25) is 9.69 Å². The van der Waals surface area contributed by atoms with Crippen LogP contribution in [0.3, 0.4) is 0 Å². The number of β-amino-alcohol motifs (C(OH)–C–C–N with tert-alkyl or cyclic N) is 1. The van der Waals surface area contributed by atoms with Gasteiger partial charge in [-0.1, -0.05) is 0 Å². The van der Waals surface area contributed by atoms with E-state index in [1.165, 1.54) is 11.3 Å². The maximum absolute atomic E-state index is 11.0. The molecule has 0 fully saturated rings. The lowest BCUT2D eigenvalue weighted by Gasteiger charge is -2.26. The van der Waals surface area contributed by atoms with E-state index in [1.54, 1.807) is 6.92 Å². The summed E-state index contributed by atoms with van der Waals surface area (Å²) in [7, 11) is 0. The van der Waals surface area contributed by atoms with Gasteiger partial charge in [0, 0.05) is 30.9 Å². The Balaban J connectivity index is 2.11. The maximum atomic E-state index is 11.0. The second kappa shape index (κ2) is 4.48. The summed E-state index contributed by atoms with van der Waals surface area (Å²) in [6.45, 7) is 4.06. The van der Waals surface area contributed by atoms with E-state index in [2.05, 4.69) is 9.88 Å². The average Bonchev–Trinajstić information content (AvgIpc) is 2.59. The van der Waals surface area contributed by atoms with E-state index in [4.69, 9.17) is 5.73 Å². The molecular weight excluding hydrogens is 226 g/mol. The van der Waals surface area contributed by atoms with Gasteiger partial charge in [0.2, 0.25) is 0 Å². The minimum absolute atomic E-state index is 0.329. The normalized spacial score (nSPS) is 18.1. The second-order valence-electron chi connectivity index (χ2n) is 4.09. The third kappa shape index (κ3) is 2.40. The van der Waals surface area contributed by atoms with Crippen LogP contribution >= 0.6 is 11.3 Å². The average molecular weight is 241 g/mol. The fourth-order valence-corrected chi connectivity index (χ4v) is 2.89. The number of carbonyl (C=O) groups is 1. The molecule has 1 amide bonds. The molecule has 0 saturated carbocycles. The third-order valence-electron chi connectivity index (χ3n) is 2.54. The molecule has 1 aliphatic rings. The first-order valence-electron chi connectivity index (χ1n) is 5.25. The summed E-state index contributed by atoms with van der Waals surface area (Å²) in [5.74, 6) is -0.457. The van der Waals surface area contributed by atoms with Crippen molar-refractivity contribution in [2.75, 3.05) is 13.1 Å². The highest BCUT2D eigenvalue weighted by atomic mass is 32.1. The zero-order valence-corrected chi connectivity index (χ0v) is 9.96. The minimum atomic E-state index is -0.457. The first-order valence-corrected chi connectivity index (χ1v) is 6.06. The summed E-state index contributed by atoms with van der Waals surface area (Å²) < 4.78 is 0. The van der Waals surface area contributed by atoms with Crippen molar-refractivity contribution in [1.29, 1.82) is 0 Å². The summed E-state index contributed by atoms with van der Waals surface area (Å²) in [6, 6.07) is 0. The Morgan fingerprint density at radius 2 is 2.50 bits per heavy atom. The number of aliphatic hydroxyl groups excluding tert-OH is 1. The molecule has 1 atom stereocenters. The number of nitrogens with two attached hydrogens (primary N) is 1. The predicted octanol–water partition coefficient (Wildman–Crippen LogP) is -0.0191. The highest BCUT2D eigenvalue weighted by Crippen LogP contribution is 2.24. The number of thiazole rings is 1. The molecule has 16 heavy (non-hydrogen) atoms. The summed E-state index contributed by atoms with van der Waals surface area (Å²) in [5, 5.41) is 9.71. The fourth-order valence-electron chi connectivity index (χ4n) is 1.88. The van der Waals surface area contributed by atoms with Gasteiger partial charge in [-0.05, 0) is 6.92 Å². The molecule has 1 aromatic heterocycles. The van der Waals surface area contributed by atoms with Crippen molar-refractivity contribution in [2.45, 2.75) is 26.0 Å². The topological polar surface area (TPSA) is 79.4 Å². The Hall–Kier alpha value is -0.980. The van der Waals surface area contributed by atoms with Crippen LogP contribution in [0.15, 0.2) is 0 Å². The molecule has 0 unspecified atom stereocenters. The van der Waals surface area contributed by atoms with Crippen LogP contribution in [-0.2, 0) is 13.0 Å². The summed E-state index contributed by atoms with van der Waals surface area (Å²) in [5.41, 5.74) is 6.18. The smallest absolute Gasteiger partial charge is 0.277 e. The van der Waals surface area contributed by atoms with Gasteiger partial charge in [-0.15, -0.1) is 11.3 Å². The van der Waals surface area contributed by atoms with Gasteiger partial charge < -0.3 is 10.8 Å². The number of aliphatic hydroxyl groups is 1. The van der Waals surface area contributed by atoms with Crippen molar-refractivity contribution in [3.8, 4) is 0 Å². The maximum Gasteiger partial charge on any atom is 0.277 e. The SMILES string of the molecule is C[C@H](O)CN1CCc2nc(C(N)=O)sc2C1.